The van der Waals surface area contributed by atoms with Crippen molar-refractivity contribution in [3.05, 3.63) is 53.2 Å². The lowest BCUT2D eigenvalue weighted by Gasteiger charge is -2.12. The maximum atomic E-state index is 9.82. The quantitative estimate of drug-likeness (QED) is 0.674. The molecule has 0 fully saturated rings. The average molecular weight is 354 g/mol. The van der Waals surface area contributed by atoms with Gasteiger partial charge in [0, 0.05) is 22.5 Å². The standard InChI is InChI=1S/C20H22N2O2S/c1-13-5-7-18-15(10-13)16-12-21(2)9-3-4-17(16)22(18)25-14-6-8-19(23)20(24)11-14/h5-8,10-11,23-24H,3-4,9,12H2,1-2H3. The monoisotopic (exact) mass is 354 g/mol. The van der Waals surface area contributed by atoms with Gasteiger partial charge in [-0.05, 0) is 81.2 Å². The van der Waals surface area contributed by atoms with Crippen LogP contribution in [0.25, 0.3) is 10.9 Å². The van der Waals surface area contributed by atoms with Gasteiger partial charge < -0.3 is 15.1 Å². The summed E-state index contributed by atoms with van der Waals surface area (Å²) in [6.07, 6.45) is 2.19. The van der Waals surface area contributed by atoms with Crippen molar-refractivity contribution in [2.75, 3.05) is 13.6 Å². The molecule has 0 radical (unpaired) electrons. The van der Waals surface area contributed by atoms with Crippen LogP contribution in [0, 0.1) is 6.92 Å². The number of hydrogen-bond donors (Lipinski definition) is 2. The SMILES string of the molecule is Cc1ccc2c(c1)c1c(n2Sc2ccc(O)c(O)c2)CCCN(C)C1. The Hall–Kier alpha value is -2.11. The van der Waals surface area contributed by atoms with E-state index in [-0.39, 0.29) is 11.5 Å². The molecule has 130 valence electrons. The first kappa shape index (κ1) is 16.4. The van der Waals surface area contributed by atoms with Gasteiger partial charge in [0.1, 0.15) is 0 Å². The minimum absolute atomic E-state index is 0.0804. The van der Waals surface area contributed by atoms with Crippen molar-refractivity contribution in [2.24, 2.45) is 0 Å². The van der Waals surface area contributed by atoms with Crippen LogP contribution < -0.4 is 0 Å². The maximum Gasteiger partial charge on any atom is 0.158 e. The molecule has 0 unspecified atom stereocenters. The van der Waals surface area contributed by atoms with Crippen LogP contribution in [-0.2, 0) is 13.0 Å². The van der Waals surface area contributed by atoms with E-state index in [4.69, 9.17) is 0 Å². The third kappa shape index (κ3) is 2.98. The zero-order valence-electron chi connectivity index (χ0n) is 14.5. The van der Waals surface area contributed by atoms with Gasteiger partial charge in [-0.15, -0.1) is 0 Å². The first-order valence-corrected chi connectivity index (χ1v) is 9.32. The number of aromatic hydroxyl groups is 2. The second kappa shape index (κ2) is 6.32. The molecule has 0 amide bonds. The number of fused-ring (bicyclic) bond motifs is 3. The second-order valence-corrected chi connectivity index (χ2v) is 7.84. The molecular formula is C20H22N2O2S. The molecule has 2 N–H and O–H groups in total. The summed E-state index contributed by atoms with van der Waals surface area (Å²) in [7, 11) is 2.18. The fourth-order valence-corrected chi connectivity index (χ4v) is 4.63. The lowest BCUT2D eigenvalue weighted by molar-refractivity contribution is 0.333. The third-order valence-corrected chi connectivity index (χ3v) is 5.88. The molecule has 0 saturated heterocycles. The van der Waals surface area contributed by atoms with E-state index in [0.717, 1.165) is 30.8 Å². The fraction of sp³-hybridized carbons (Fsp3) is 0.300. The maximum absolute atomic E-state index is 9.82. The van der Waals surface area contributed by atoms with Crippen molar-refractivity contribution >= 4 is 22.9 Å². The van der Waals surface area contributed by atoms with E-state index >= 15 is 0 Å². The number of nitrogens with zero attached hydrogens (tertiary/aromatic N) is 2. The molecule has 2 aromatic carbocycles. The molecule has 5 heteroatoms. The van der Waals surface area contributed by atoms with E-state index in [1.54, 1.807) is 24.1 Å². The van der Waals surface area contributed by atoms with Crippen LogP contribution in [0.4, 0.5) is 0 Å². The van der Waals surface area contributed by atoms with Gasteiger partial charge in [0.25, 0.3) is 0 Å². The molecule has 0 aliphatic carbocycles. The summed E-state index contributed by atoms with van der Waals surface area (Å²) >= 11 is 1.60. The molecule has 4 nitrogen and oxygen atoms in total. The van der Waals surface area contributed by atoms with Crippen molar-refractivity contribution in [1.82, 2.24) is 8.87 Å². The van der Waals surface area contributed by atoms with Gasteiger partial charge in [-0.2, -0.15) is 0 Å². The van der Waals surface area contributed by atoms with Crippen LogP contribution >= 0.6 is 11.9 Å². The molecule has 4 rings (SSSR count). The van der Waals surface area contributed by atoms with Crippen LogP contribution in [-0.4, -0.2) is 32.7 Å². The van der Waals surface area contributed by atoms with Crippen LogP contribution in [0.1, 0.15) is 23.2 Å². The zero-order chi connectivity index (χ0) is 17.6. The van der Waals surface area contributed by atoms with Crippen molar-refractivity contribution < 1.29 is 10.2 Å². The smallest absolute Gasteiger partial charge is 0.158 e. The Kier molecular flexibility index (Phi) is 4.13. The van der Waals surface area contributed by atoms with E-state index in [9.17, 15) is 10.2 Å². The van der Waals surface area contributed by atoms with Gasteiger partial charge in [-0.3, -0.25) is 3.97 Å². The molecule has 1 aromatic heterocycles. The van der Waals surface area contributed by atoms with Crippen LogP contribution in [0.2, 0.25) is 0 Å². The highest BCUT2D eigenvalue weighted by atomic mass is 32.2. The van der Waals surface area contributed by atoms with E-state index in [0.29, 0.717) is 0 Å². The Balaban J connectivity index is 1.87. The van der Waals surface area contributed by atoms with Crippen molar-refractivity contribution in [3.8, 4) is 11.5 Å². The van der Waals surface area contributed by atoms with E-state index in [1.807, 2.05) is 6.07 Å². The van der Waals surface area contributed by atoms with Crippen LogP contribution in [0.5, 0.6) is 11.5 Å². The van der Waals surface area contributed by atoms with E-state index in [1.165, 1.54) is 27.7 Å². The summed E-state index contributed by atoms with van der Waals surface area (Å²) in [5.41, 5.74) is 5.26. The topological polar surface area (TPSA) is 48.6 Å². The Morgan fingerprint density at radius 1 is 1.04 bits per heavy atom. The van der Waals surface area contributed by atoms with Gasteiger partial charge in [0.15, 0.2) is 11.5 Å². The Labute approximate surface area is 151 Å². The number of hydrogen-bond acceptors (Lipinski definition) is 4. The molecule has 2 heterocycles. The molecule has 1 aliphatic heterocycles. The van der Waals surface area contributed by atoms with Gasteiger partial charge in [-0.25, -0.2) is 0 Å². The highest BCUT2D eigenvalue weighted by Gasteiger charge is 2.22. The Bertz CT molecular complexity index is 949. The summed E-state index contributed by atoms with van der Waals surface area (Å²) in [4.78, 5) is 3.29. The van der Waals surface area contributed by atoms with Gasteiger partial charge in [-0.1, -0.05) is 11.6 Å². The minimum atomic E-state index is -0.0854. The van der Waals surface area contributed by atoms with Gasteiger partial charge in [0.2, 0.25) is 0 Å². The lowest BCUT2D eigenvalue weighted by atomic mass is 10.1. The van der Waals surface area contributed by atoms with Crippen molar-refractivity contribution in [1.29, 1.82) is 0 Å². The molecule has 1 aliphatic rings. The summed E-state index contributed by atoms with van der Waals surface area (Å²) in [5.74, 6) is -0.166. The van der Waals surface area contributed by atoms with Crippen LogP contribution in [0.3, 0.4) is 0 Å². The summed E-state index contributed by atoms with van der Waals surface area (Å²) in [5, 5.41) is 20.7. The number of phenolic OH excluding ortho intramolecular Hbond substituents is 2. The summed E-state index contributed by atoms with van der Waals surface area (Å²) in [6.45, 7) is 4.20. The molecular weight excluding hydrogens is 332 g/mol. The lowest BCUT2D eigenvalue weighted by Crippen LogP contribution is -2.17. The largest absolute Gasteiger partial charge is 0.504 e. The molecule has 25 heavy (non-hydrogen) atoms. The number of aryl methyl sites for hydroxylation is 1. The minimum Gasteiger partial charge on any atom is -0.504 e. The van der Waals surface area contributed by atoms with E-state index in [2.05, 4.69) is 41.0 Å². The highest BCUT2D eigenvalue weighted by Crippen LogP contribution is 2.38. The molecule has 3 aromatic rings. The zero-order valence-corrected chi connectivity index (χ0v) is 15.3. The van der Waals surface area contributed by atoms with Gasteiger partial charge >= 0.3 is 0 Å². The predicted molar refractivity (Wildman–Crippen MR) is 102 cm³/mol. The highest BCUT2D eigenvalue weighted by molar-refractivity contribution is 7.98. The summed E-state index contributed by atoms with van der Waals surface area (Å²) < 4.78 is 2.30. The van der Waals surface area contributed by atoms with Crippen molar-refractivity contribution in [2.45, 2.75) is 31.2 Å². The number of aromatic nitrogens is 1. The fourth-order valence-electron chi connectivity index (χ4n) is 3.56. The molecule has 0 spiro atoms. The second-order valence-electron chi connectivity index (χ2n) is 6.82. The Morgan fingerprint density at radius 2 is 1.88 bits per heavy atom. The van der Waals surface area contributed by atoms with Crippen molar-refractivity contribution in [3.63, 3.8) is 0 Å². The summed E-state index contributed by atoms with van der Waals surface area (Å²) in [6, 6.07) is 11.6. The Morgan fingerprint density at radius 3 is 2.68 bits per heavy atom. The predicted octanol–water partition coefficient (Wildman–Crippen LogP) is 4.29. The number of rotatable bonds is 2. The first-order valence-electron chi connectivity index (χ1n) is 8.54. The number of phenols is 2. The third-order valence-electron chi connectivity index (χ3n) is 4.81. The number of benzene rings is 2. The normalized spacial score (nSPS) is 15.3. The average Bonchev–Trinajstić information content (AvgIpc) is 2.72. The van der Waals surface area contributed by atoms with E-state index < -0.39 is 0 Å². The van der Waals surface area contributed by atoms with Gasteiger partial charge in [0.05, 0.1) is 5.52 Å². The molecule has 0 saturated carbocycles. The first-order chi connectivity index (χ1) is 12.0. The van der Waals surface area contributed by atoms with Crippen LogP contribution in [0.15, 0.2) is 41.3 Å². The molecule has 0 bridgehead atoms. The molecule has 0 atom stereocenters.